The van der Waals surface area contributed by atoms with Crippen molar-refractivity contribution in [3.05, 3.63) is 392 Å². The first-order valence-electron chi connectivity index (χ1n) is 44.3. The summed E-state index contributed by atoms with van der Waals surface area (Å²) in [5.74, 6) is 0. The van der Waals surface area contributed by atoms with Gasteiger partial charge in [-0.15, -0.1) is 0 Å². The fraction of sp³-hybridized carbons (Fsp3) is 0.136. The van der Waals surface area contributed by atoms with E-state index in [0.29, 0.717) is 0 Å². The predicted molar refractivity (Wildman–Crippen MR) is 534 cm³/mol. The van der Waals surface area contributed by atoms with Gasteiger partial charge in [0, 0.05) is 94.3 Å². The summed E-state index contributed by atoms with van der Waals surface area (Å²) in [6.07, 6.45) is 0. The van der Waals surface area contributed by atoms with Crippen LogP contribution in [0.4, 0.5) is 34.1 Å². The summed E-state index contributed by atoms with van der Waals surface area (Å²) in [6.45, 7) is 27.8. The third-order valence-electron chi connectivity index (χ3n) is 27.1. The normalized spacial score (nSPS) is 13.1. The fourth-order valence-corrected chi connectivity index (χ4v) is 20.6. The Morgan fingerprint density at radius 2 is 0.424 bits per heavy atom. The maximum atomic E-state index is 2.68. The van der Waals surface area contributed by atoms with Crippen molar-refractivity contribution in [2.45, 2.75) is 105 Å². The maximum absolute atomic E-state index is 2.68. The molecule has 0 bridgehead atoms. The molecule has 2 aliphatic rings. The summed E-state index contributed by atoms with van der Waals surface area (Å²) in [7, 11) is 0. The van der Waals surface area contributed by atoms with Crippen LogP contribution in [0.3, 0.4) is 0 Å². The van der Waals surface area contributed by atoms with Gasteiger partial charge in [0.1, 0.15) is 0 Å². The molecule has 0 aliphatic carbocycles. The van der Waals surface area contributed by atoms with Gasteiger partial charge in [0.05, 0.1) is 49.8 Å². The van der Waals surface area contributed by atoms with E-state index in [2.05, 4.69) is 481 Å². The van der Waals surface area contributed by atoms with Crippen LogP contribution < -0.4 is 26.2 Å². The molecule has 23 rings (SSSR count). The second-order valence-corrected chi connectivity index (χ2v) is 39.0. The average Bonchev–Trinajstić information content (AvgIpc) is 1.40. The minimum atomic E-state index is -0.304. The minimum Gasteiger partial charge on any atom is -0.311 e. The van der Waals surface area contributed by atoms with Crippen LogP contribution in [0.15, 0.2) is 370 Å². The number of rotatable bonds is 10. The molecule has 7 heteroatoms. The first-order valence-corrected chi connectivity index (χ1v) is 44.3. The predicted octanol–water partition coefficient (Wildman–Crippen LogP) is 30.0. The number of hydrogen-bond acceptors (Lipinski definition) is 2. The smallest absolute Gasteiger partial charge is 0.252 e. The highest BCUT2D eigenvalue weighted by Crippen LogP contribution is 2.52. The Hall–Kier alpha value is -14.4. The van der Waals surface area contributed by atoms with Gasteiger partial charge < -0.3 is 28.1 Å². The van der Waals surface area contributed by atoms with Crippen LogP contribution in [0, 0.1) is 0 Å². The lowest BCUT2D eigenvalue weighted by Gasteiger charge is -2.45. The highest BCUT2D eigenvalue weighted by atomic mass is 15.2. The average molecular weight is 1610 g/mol. The number of nitrogens with zero attached hydrogens (tertiary/aromatic N) is 6. The standard InChI is InChI=1S/C118H97BN6/c1-115(2,3)82-45-54-105-95(65-82)96-66-83(116(4,5)6)46-55-106(96)122(105)88-50-53-101-111(71-88)125(90-63-80(76-35-21-15-22-36-76)60-81(64-90)77-37-23-16-24-38-77)113-73-91(123-107-56-47-84(117(7,8)9)67-97(107)98-68-85(118(10,11)12)48-57-108(98)123)72-112-114(113)119(101)100-52-49-87(70-110(100)124(112)89-61-78(74-31-17-13-18-32-74)59-79(62-89)75-33-19-14-20-34-75)121-104-44-30-27-41-94(104)99-69-86(51-58-109(99)121)120-102-42-28-25-39-92(102)93-40-26-29-43-103(93)120/h13-73H,1-12H3. The quantitative estimate of drug-likeness (QED) is 0.128. The molecule has 0 radical (unpaired) electrons. The molecule has 602 valence electrons. The van der Waals surface area contributed by atoms with Gasteiger partial charge in [-0.1, -0.05) is 295 Å². The van der Waals surface area contributed by atoms with Crippen molar-refractivity contribution in [1.29, 1.82) is 0 Å². The molecular weight excluding hydrogens is 1510 g/mol. The summed E-state index contributed by atoms with van der Waals surface area (Å²) in [5.41, 5.74) is 37.6. The lowest BCUT2D eigenvalue weighted by Crippen LogP contribution is -2.61. The van der Waals surface area contributed by atoms with Gasteiger partial charge >= 0.3 is 0 Å². The van der Waals surface area contributed by atoms with Gasteiger partial charge in [0.25, 0.3) is 6.71 Å². The summed E-state index contributed by atoms with van der Waals surface area (Å²) in [4.78, 5) is 5.36. The van der Waals surface area contributed by atoms with E-state index >= 15 is 0 Å². The largest absolute Gasteiger partial charge is 0.311 e. The fourth-order valence-electron chi connectivity index (χ4n) is 20.6. The molecule has 0 amide bonds. The third-order valence-corrected chi connectivity index (χ3v) is 27.1. The van der Waals surface area contributed by atoms with E-state index in [4.69, 9.17) is 0 Å². The van der Waals surface area contributed by atoms with E-state index < -0.39 is 0 Å². The Bertz CT molecular complexity index is 7680. The van der Waals surface area contributed by atoms with Crippen LogP contribution >= 0.6 is 0 Å². The molecule has 4 aromatic heterocycles. The Kier molecular flexibility index (Phi) is 17.0. The first kappa shape index (κ1) is 75.6. The Morgan fingerprint density at radius 1 is 0.176 bits per heavy atom. The third kappa shape index (κ3) is 12.3. The van der Waals surface area contributed by atoms with Crippen molar-refractivity contribution >= 4 is 144 Å². The molecule has 0 N–H and O–H groups in total. The number of fused-ring (bicyclic) bond motifs is 16. The highest BCUT2D eigenvalue weighted by Gasteiger charge is 2.45. The summed E-state index contributed by atoms with van der Waals surface area (Å²) in [5, 5.41) is 9.82. The molecule has 0 atom stereocenters. The van der Waals surface area contributed by atoms with Gasteiger partial charge in [0.15, 0.2) is 0 Å². The molecule has 0 spiro atoms. The Morgan fingerprint density at radius 3 is 0.744 bits per heavy atom. The van der Waals surface area contributed by atoms with E-state index in [0.717, 1.165) is 123 Å². The molecule has 6 nitrogen and oxygen atoms in total. The minimum absolute atomic E-state index is 0.0806. The van der Waals surface area contributed by atoms with Crippen LogP contribution in [0.1, 0.15) is 105 Å². The summed E-state index contributed by atoms with van der Waals surface area (Å²) in [6, 6.07) is 142. The van der Waals surface area contributed by atoms with Gasteiger partial charge in [0.2, 0.25) is 0 Å². The van der Waals surface area contributed by atoms with Crippen molar-refractivity contribution in [2.75, 3.05) is 9.80 Å². The van der Waals surface area contributed by atoms with Crippen LogP contribution in [0.25, 0.3) is 154 Å². The maximum Gasteiger partial charge on any atom is 0.252 e. The van der Waals surface area contributed by atoms with Crippen molar-refractivity contribution in [2.24, 2.45) is 0 Å². The molecule has 21 aromatic rings. The van der Waals surface area contributed by atoms with E-state index in [9.17, 15) is 0 Å². The second-order valence-electron chi connectivity index (χ2n) is 39.0. The number of benzene rings is 17. The molecule has 0 saturated heterocycles. The lowest BCUT2D eigenvalue weighted by molar-refractivity contribution is 0.590. The van der Waals surface area contributed by atoms with Crippen molar-refractivity contribution < 1.29 is 0 Å². The SMILES string of the molecule is CC(C)(C)c1ccc2c(c1)c1cc(C(C)(C)C)ccc1n2-c1ccc2c(c1)N(c1cc(-c3ccccc3)cc(-c3ccccc3)c1)c1cc(-n3c4ccc(C(C)(C)C)cc4c4cc(C(C)(C)C)ccc43)cc3c1B2c1ccc(-n2c4ccccc4c4cc(-n5c6ccccc6c6ccccc65)ccc42)cc1N3c1cc(-c2ccccc2)cc(-c2ccccc2)c1. The van der Waals surface area contributed by atoms with E-state index in [-0.39, 0.29) is 28.4 Å². The van der Waals surface area contributed by atoms with E-state index in [1.807, 2.05) is 0 Å². The number of hydrogen-bond donors (Lipinski definition) is 0. The van der Waals surface area contributed by atoms with Gasteiger partial charge in [-0.05, 0) is 263 Å². The first-order chi connectivity index (χ1) is 60.5. The van der Waals surface area contributed by atoms with Crippen molar-refractivity contribution in [3.8, 4) is 67.3 Å². The number of para-hydroxylation sites is 3. The van der Waals surface area contributed by atoms with Crippen LogP contribution in [-0.2, 0) is 21.7 Å². The zero-order valence-electron chi connectivity index (χ0n) is 73.0. The van der Waals surface area contributed by atoms with Crippen LogP contribution in [0.2, 0.25) is 0 Å². The second kappa shape index (κ2) is 28.1. The molecular formula is C118H97BN6. The topological polar surface area (TPSA) is 26.2 Å². The zero-order valence-corrected chi connectivity index (χ0v) is 73.0. The van der Waals surface area contributed by atoms with Gasteiger partial charge in [-0.2, -0.15) is 0 Å². The van der Waals surface area contributed by atoms with E-state index in [1.54, 1.807) is 0 Å². The van der Waals surface area contributed by atoms with E-state index in [1.165, 1.54) is 104 Å². The monoisotopic (exact) mass is 1610 g/mol. The summed E-state index contributed by atoms with van der Waals surface area (Å²) >= 11 is 0. The molecule has 0 unspecified atom stereocenters. The number of aromatic nitrogens is 4. The van der Waals surface area contributed by atoms with Crippen molar-refractivity contribution in [3.63, 3.8) is 0 Å². The molecule has 17 aromatic carbocycles. The van der Waals surface area contributed by atoms with Crippen LogP contribution in [-0.4, -0.2) is 25.0 Å². The number of anilines is 6. The lowest BCUT2D eigenvalue weighted by atomic mass is 9.33. The zero-order chi connectivity index (χ0) is 84.8. The van der Waals surface area contributed by atoms with Gasteiger partial charge in [-0.25, -0.2) is 0 Å². The van der Waals surface area contributed by atoms with Crippen molar-refractivity contribution in [1.82, 2.24) is 18.3 Å². The molecule has 6 heterocycles. The summed E-state index contributed by atoms with van der Waals surface area (Å²) < 4.78 is 10.2. The highest BCUT2D eigenvalue weighted by molar-refractivity contribution is 7.00. The molecule has 0 saturated carbocycles. The molecule has 2 aliphatic heterocycles. The Balaban J connectivity index is 0.870. The molecule has 0 fully saturated rings. The molecule has 125 heavy (non-hydrogen) atoms. The van der Waals surface area contributed by atoms with Gasteiger partial charge in [-0.3, -0.25) is 0 Å². The van der Waals surface area contributed by atoms with Crippen LogP contribution in [0.5, 0.6) is 0 Å². The Labute approximate surface area is 731 Å².